The molecule has 4 nitrogen and oxygen atoms in total. The number of ether oxygens (including phenoxy) is 1. The summed E-state index contributed by atoms with van der Waals surface area (Å²) in [5.41, 5.74) is 3.09. The highest BCUT2D eigenvalue weighted by Gasteiger charge is 2.14. The van der Waals surface area contributed by atoms with Gasteiger partial charge in [0.05, 0.1) is 5.56 Å². The van der Waals surface area contributed by atoms with E-state index in [1.54, 1.807) is 0 Å². The number of aryl methyl sites for hydroxylation is 2. The van der Waals surface area contributed by atoms with Gasteiger partial charge in [-0.1, -0.05) is 13.3 Å². The Morgan fingerprint density at radius 1 is 1.29 bits per heavy atom. The van der Waals surface area contributed by atoms with Crippen molar-refractivity contribution in [2.45, 2.75) is 51.9 Å². The van der Waals surface area contributed by atoms with E-state index in [4.69, 9.17) is 4.74 Å². The predicted octanol–water partition coefficient (Wildman–Crippen LogP) is 3.45. The molecule has 114 valence electrons. The largest absolute Gasteiger partial charge is 0.381 e. The lowest BCUT2D eigenvalue weighted by Crippen LogP contribution is -2.12. The van der Waals surface area contributed by atoms with E-state index in [0.29, 0.717) is 5.56 Å². The van der Waals surface area contributed by atoms with Crippen molar-refractivity contribution >= 4 is 5.82 Å². The molecule has 0 atom stereocenters. The number of rotatable bonds is 8. The second kappa shape index (κ2) is 8.63. The molecule has 4 heteroatoms. The highest BCUT2D eigenvalue weighted by molar-refractivity contribution is 5.54. The van der Waals surface area contributed by atoms with E-state index in [0.717, 1.165) is 51.3 Å². The van der Waals surface area contributed by atoms with Crippen LogP contribution < -0.4 is 5.32 Å². The number of hydrogen-bond donors (Lipinski definition) is 1. The lowest BCUT2D eigenvalue weighted by atomic mass is 9.95. The van der Waals surface area contributed by atoms with Gasteiger partial charge in [0.2, 0.25) is 0 Å². The van der Waals surface area contributed by atoms with Gasteiger partial charge >= 0.3 is 0 Å². The van der Waals surface area contributed by atoms with Crippen LogP contribution in [0.1, 0.15) is 55.8 Å². The van der Waals surface area contributed by atoms with Crippen molar-refractivity contribution in [3.8, 4) is 6.07 Å². The van der Waals surface area contributed by atoms with Crippen LogP contribution in [0, 0.1) is 11.3 Å². The Labute approximate surface area is 127 Å². The zero-order valence-corrected chi connectivity index (χ0v) is 13.0. The highest BCUT2D eigenvalue weighted by Crippen LogP contribution is 2.24. The lowest BCUT2D eigenvalue weighted by molar-refractivity contribution is 0.131. The molecule has 21 heavy (non-hydrogen) atoms. The van der Waals surface area contributed by atoms with Crippen molar-refractivity contribution in [3.63, 3.8) is 0 Å². The molecule has 0 spiro atoms. The van der Waals surface area contributed by atoms with Crippen molar-refractivity contribution in [1.29, 1.82) is 5.26 Å². The first kappa shape index (κ1) is 15.8. The second-order valence-corrected chi connectivity index (χ2v) is 5.56. The smallest absolute Gasteiger partial charge is 0.144 e. The molecule has 1 aromatic rings. The van der Waals surface area contributed by atoms with Gasteiger partial charge in [-0.3, -0.25) is 0 Å². The Balaban J connectivity index is 1.83. The lowest BCUT2D eigenvalue weighted by Gasteiger charge is -2.17. The third kappa shape index (κ3) is 4.71. The van der Waals surface area contributed by atoms with Crippen LogP contribution >= 0.6 is 0 Å². The van der Waals surface area contributed by atoms with Gasteiger partial charge in [0.25, 0.3) is 0 Å². The number of nitrogens with one attached hydrogen (secondary N) is 1. The molecule has 1 N–H and O–H groups in total. The zero-order chi connectivity index (χ0) is 14.9. The summed E-state index contributed by atoms with van der Waals surface area (Å²) in [6.07, 6.45) is 7.74. The normalized spacial score (nSPS) is 13.5. The molecule has 0 radical (unpaired) electrons. The number of anilines is 1. The first-order chi connectivity index (χ1) is 10.3. The summed E-state index contributed by atoms with van der Waals surface area (Å²) in [4.78, 5) is 4.66. The molecule has 0 amide bonds. The van der Waals surface area contributed by atoms with E-state index in [2.05, 4.69) is 23.3 Å². The molecule has 1 aliphatic rings. The van der Waals surface area contributed by atoms with Gasteiger partial charge in [0, 0.05) is 25.5 Å². The van der Waals surface area contributed by atoms with Gasteiger partial charge < -0.3 is 10.1 Å². The minimum absolute atomic E-state index is 0.669. The number of fused-ring (bicyclic) bond motifs is 1. The Morgan fingerprint density at radius 3 is 2.90 bits per heavy atom. The number of nitrogens with zero attached hydrogens (tertiary/aromatic N) is 2. The summed E-state index contributed by atoms with van der Waals surface area (Å²) < 4.78 is 5.53. The summed E-state index contributed by atoms with van der Waals surface area (Å²) in [7, 11) is 0. The van der Waals surface area contributed by atoms with Crippen LogP contribution in [0.2, 0.25) is 0 Å². The molecule has 1 aliphatic carbocycles. The summed E-state index contributed by atoms with van der Waals surface area (Å²) >= 11 is 0. The Hall–Kier alpha value is -1.60. The van der Waals surface area contributed by atoms with E-state index >= 15 is 0 Å². The topological polar surface area (TPSA) is 57.9 Å². The monoisotopic (exact) mass is 287 g/mol. The molecule has 1 aromatic heterocycles. The van der Waals surface area contributed by atoms with Crippen molar-refractivity contribution in [3.05, 3.63) is 22.9 Å². The molecule has 0 unspecified atom stereocenters. The van der Waals surface area contributed by atoms with Gasteiger partial charge in [0.15, 0.2) is 0 Å². The molecule has 1 heterocycles. The van der Waals surface area contributed by atoms with Crippen molar-refractivity contribution in [2.24, 2.45) is 0 Å². The maximum atomic E-state index is 9.27. The summed E-state index contributed by atoms with van der Waals surface area (Å²) in [5.74, 6) is 0.742. The molecular weight excluding hydrogens is 262 g/mol. The van der Waals surface area contributed by atoms with E-state index in [9.17, 15) is 5.26 Å². The first-order valence-electron chi connectivity index (χ1n) is 8.09. The van der Waals surface area contributed by atoms with Crippen LogP contribution in [-0.2, 0) is 17.6 Å². The summed E-state index contributed by atoms with van der Waals surface area (Å²) in [5, 5.41) is 12.6. The molecule has 0 aromatic carbocycles. The average molecular weight is 287 g/mol. The molecular formula is C17H25N3O. The quantitative estimate of drug-likeness (QED) is 0.744. The van der Waals surface area contributed by atoms with Crippen LogP contribution in [0.5, 0.6) is 0 Å². The standard InChI is InChI=1S/C17H25N3O/c1-2-3-10-21-11-6-9-19-17-15(13-18)12-14-7-4-5-8-16(14)20-17/h12H,2-11H2,1H3,(H,19,20). The Kier molecular flexibility index (Phi) is 6.49. The second-order valence-electron chi connectivity index (χ2n) is 5.56. The number of aromatic nitrogens is 1. The van der Waals surface area contributed by atoms with E-state index in [1.165, 1.54) is 30.5 Å². The molecule has 2 rings (SSSR count). The Bertz CT molecular complexity index is 494. The van der Waals surface area contributed by atoms with Crippen molar-refractivity contribution in [1.82, 2.24) is 4.98 Å². The molecule has 0 fully saturated rings. The van der Waals surface area contributed by atoms with Crippen LogP contribution in [0.25, 0.3) is 0 Å². The highest BCUT2D eigenvalue weighted by atomic mass is 16.5. The third-order valence-electron chi connectivity index (χ3n) is 3.82. The first-order valence-corrected chi connectivity index (χ1v) is 8.09. The van der Waals surface area contributed by atoms with Crippen molar-refractivity contribution in [2.75, 3.05) is 25.1 Å². The average Bonchev–Trinajstić information content (AvgIpc) is 2.53. The van der Waals surface area contributed by atoms with E-state index in [1.807, 2.05) is 6.07 Å². The fourth-order valence-electron chi connectivity index (χ4n) is 2.58. The molecule has 0 aliphatic heterocycles. The predicted molar refractivity (Wildman–Crippen MR) is 84.4 cm³/mol. The maximum Gasteiger partial charge on any atom is 0.144 e. The number of hydrogen-bond acceptors (Lipinski definition) is 4. The minimum Gasteiger partial charge on any atom is -0.381 e. The van der Waals surface area contributed by atoms with Crippen LogP contribution in [0.3, 0.4) is 0 Å². The van der Waals surface area contributed by atoms with Crippen LogP contribution in [0.4, 0.5) is 5.82 Å². The van der Waals surface area contributed by atoms with Gasteiger partial charge in [-0.15, -0.1) is 0 Å². The number of unbranched alkanes of at least 4 members (excludes halogenated alkanes) is 1. The number of pyridine rings is 1. The van der Waals surface area contributed by atoms with Gasteiger partial charge in [-0.25, -0.2) is 4.98 Å². The van der Waals surface area contributed by atoms with Crippen molar-refractivity contribution < 1.29 is 4.74 Å². The van der Waals surface area contributed by atoms with Crippen LogP contribution in [-0.4, -0.2) is 24.7 Å². The van der Waals surface area contributed by atoms with Crippen LogP contribution in [0.15, 0.2) is 6.07 Å². The fraction of sp³-hybridized carbons (Fsp3) is 0.647. The SMILES string of the molecule is CCCCOCCCNc1nc2c(cc1C#N)CCCC2. The number of nitriles is 1. The van der Waals surface area contributed by atoms with Gasteiger partial charge in [0.1, 0.15) is 11.9 Å². The molecule has 0 saturated heterocycles. The summed E-state index contributed by atoms with van der Waals surface area (Å²) in [6, 6.07) is 4.27. The fourth-order valence-corrected chi connectivity index (χ4v) is 2.58. The maximum absolute atomic E-state index is 9.27. The minimum atomic E-state index is 0.669. The van der Waals surface area contributed by atoms with E-state index in [-0.39, 0.29) is 0 Å². The van der Waals surface area contributed by atoms with E-state index < -0.39 is 0 Å². The Morgan fingerprint density at radius 2 is 2.10 bits per heavy atom. The van der Waals surface area contributed by atoms with Gasteiger partial charge in [-0.2, -0.15) is 5.26 Å². The van der Waals surface area contributed by atoms with Gasteiger partial charge in [-0.05, 0) is 50.2 Å². The molecule has 0 saturated carbocycles. The zero-order valence-electron chi connectivity index (χ0n) is 13.0. The molecule has 0 bridgehead atoms. The summed E-state index contributed by atoms with van der Waals surface area (Å²) in [6.45, 7) is 4.57. The third-order valence-corrected chi connectivity index (χ3v) is 3.82.